The Kier molecular flexibility index (Phi) is 3.81. The third kappa shape index (κ3) is 2.26. The molecule has 2 atom stereocenters. The lowest BCUT2D eigenvalue weighted by molar-refractivity contribution is -0.116. The zero-order chi connectivity index (χ0) is 19.2. The van der Waals surface area contributed by atoms with Crippen LogP contribution in [-0.4, -0.2) is 5.11 Å². The molecule has 1 aliphatic carbocycles. The predicted molar refractivity (Wildman–Crippen MR) is 107 cm³/mol. The van der Waals surface area contributed by atoms with E-state index in [1.165, 1.54) is 5.56 Å². The quantitative estimate of drug-likeness (QED) is 0.717. The fourth-order valence-electron chi connectivity index (χ4n) is 4.68. The SMILES string of the molecule is CC1Cc2ccccc2C1(O)c1ccccc1C1(c2ccccc2)OC=CO1. The molecule has 28 heavy (non-hydrogen) atoms. The molecule has 5 rings (SSSR count). The van der Waals surface area contributed by atoms with Gasteiger partial charge in [0, 0.05) is 11.1 Å². The van der Waals surface area contributed by atoms with Gasteiger partial charge in [0.15, 0.2) is 0 Å². The highest BCUT2D eigenvalue weighted by molar-refractivity contribution is 5.52. The summed E-state index contributed by atoms with van der Waals surface area (Å²) in [5.74, 6) is -1.07. The van der Waals surface area contributed by atoms with Crippen molar-refractivity contribution < 1.29 is 14.6 Å². The molecule has 3 heteroatoms. The lowest BCUT2D eigenvalue weighted by atomic mass is 9.77. The number of fused-ring (bicyclic) bond motifs is 1. The Bertz CT molecular complexity index is 1010. The molecule has 0 saturated carbocycles. The van der Waals surface area contributed by atoms with Gasteiger partial charge in [-0.05, 0) is 29.0 Å². The van der Waals surface area contributed by atoms with E-state index in [4.69, 9.17) is 9.47 Å². The second kappa shape index (κ2) is 6.25. The van der Waals surface area contributed by atoms with E-state index in [1.54, 1.807) is 12.5 Å². The van der Waals surface area contributed by atoms with Gasteiger partial charge in [0.25, 0.3) is 0 Å². The van der Waals surface area contributed by atoms with Crippen LogP contribution in [0, 0.1) is 5.92 Å². The van der Waals surface area contributed by atoms with Crippen molar-refractivity contribution in [3.63, 3.8) is 0 Å². The Hall–Kier alpha value is -3.04. The number of hydrogen-bond donors (Lipinski definition) is 1. The first kappa shape index (κ1) is 17.1. The van der Waals surface area contributed by atoms with E-state index in [1.807, 2.05) is 72.8 Å². The summed E-state index contributed by atoms with van der Waals surface area (Å²) in [4.78, 5) is 0. The van der Waals surface area contributed by atoms with Gasteiger partial charge < -0.3 is 14.6 Å². The normalized spacial score (nSPS) is 24.4. The van der Waals surface area contributed by atoms with Crippen molar-refractivity contribution in [1.82, 2.24) is 0 Å². The molecule has 3 aromatic rings. The summed E-state index contributed by atoms with van der Waals surface area (Å²) < 4.78 is 12.1. The largest absolute Gasteiger partial charge is 0.449 e. The first-order chi connectivity index (χ1) is 13.7. The van der Waals surface area contributed by atoms with Crippen LogP contribution in [0.15, 0.2) is 91.4 Å². The molecule has 0 radical (unpaired) electrons. The molecule has 1 heterocycles. The fraction of sp³-hybridized carbons (Fsp3) is 0.200. The van der Waals surface area contributed by atoms with Gasteiger partial charge >= 0.3 is 5.79 Å². The van der Waals surface area contributed by atoms with E-state index in [0.29, 0.717) is 0 Å². The van der Waals surface area contributed by atoms with Crippen molar-refractivity contribution in [2.45, 2.75) is 24.7 Å². The van der Waals surface area contributed by atoms with Crippen LogP contribution in [-0.2, 0) is 27.3 Å². The highest BCUT2D eigenvalue weighted by Gasteiger charge is 2.50. The van der Waals surface area contributed by atoms with E-state index in [9.17, 15) is 5.11 Å². The molecule has 140 valence electrons. The van der Waals surface area contributed by atoms with E-state index >= 15 is 0 Å². The van der Waals surface area contributed by atoms with Crippen molar-refractivity contribution in [3.8, 4) is 0 Å². The average molecular weight is 370 g/mol. The van der Waals surface area contributed by atoms with Crippen LogP contribution < -0.4 is 0 Å². The standard InChI is InChI=1S/C25H22O3/c1-18-17-19-9-5-6-12-21(19)24(18,26)22-13-7-8-14-23(22)25(27-15-16-28-25)20-10-3-2-4-11-20/h2-16,18,26H,17H2,1H3. The van der Waals surface area contributed by atoms with Crippen LogP contribution in [0.3, 0.4) is 0 Å². The van der Waals surface area contributed by atoms with Crippen LogP contribution in [0.25, 0.3) is 0 Å². The van der Waals surface area contributed by atoms with E-state index in [0.717, 1.165) is 28.7 Å². The van der Waals surface area contributed by atoms with Gasteiger partial charge in [-0.15, -0.1) is 0 Å². The molecule has 0 bridgehead atoms. The Morgan fingerprint density at radius 3 is 2.04 bits per heavy atom. The maximum atomic E-state index is 12.1. The predicted octanol–water partition coefficient (Wildman–Crippen LogP) is 4.83. The lowest BCUT2D eigenvalue weighted by Gasteiger charge is -2.36. The van der Waals surface area contributed by atoms with Crippen molar-refractivity contribution in [2.75, 3.05) is 0 Å². The second-order valence-electron chi connectivity index (χ2n) is 7.56. The Morgan fingerprint density at radius 1 is 0.750 bits per heavy atom. The summed E-state index contributed by atoms with van der Waals surface area (Å²) in [5, 5.41) is 12.1. The van der Waals surface area contributed by atoms with Gasteiger partial charge in [-0.1, -0.05) is 85.8 Å². The Balaban J connectivity index is 1.75. The highest BCUT2D eigenvalue weighted by atomic mass is 16.7. The maximum Gasteiger partial charge on any atom is 0.304 e. The summed E-state index contributed by atoms with van der Waals surface area (Å²) in [7, 11) is 0. The van der Waals surface area contributed by atoms with Gasteiger partial charge in [-0.25, -0.2) is 0 Å². The van der Waals surface area contributed by atoms with Crippen LogP contribution in [0.1, 0.15) is 34.7 Å². The van der Waals surface area contributed by atoms with Crippen LogP contribution in [0.2, 0.25) is 0 Å². The number of rotatable bonds is 3. The molecular weight excluding hydrogens is 348 g/mol. The van der Waals surface area contributed by atoms with Crippen molar-refractivity contribution in [2.24, 2.45) is 5.92 Å². The van der Waals surface area contributed by atoms with Gasteiger partial charge in [-0.3, -0.25) is 0 Å². The summed E-state index contributed by atoms with van der Waals surface area (Å²) in [6, 6.07) is 25.9. The van der Waals surface area contributed by atoms with Crippen molar-refractivity contribution >= 4 is 0 Å². The zero-order valence-corrected chi connectivity index (χ0v) is 15.7. The fourth-order valence-corrected chi connectivity index (χ4v) is 4.68. The maximum absolute atomic E-state index is 12.1. The Morgan fingerprint density at radius 2 is 1.32 bits per heavy atom. The molecule has 0 spiro atoms. The third-order valence-electron chi connectivity index (χ3n) is 6.04. The van der Waals surface area contributed by atoms with Crippen molar-refractivity contribution in [3.05, 3.63) is 119 Å². The minimum absolute atomic E-state index is 0.0354. The number of ether oxygens (including phenoxy) is 2. The van der Waals surface area contributed by atoms with Gasteiger partial charge in [0.2, 0.25) is 0 Å². The van der Waals surface area contributed by atoms with Crippen LogP contribution in [0.5, 0.6) is 0 Å². The Labute approximate surface area is 164 Å². The van der Waals surface area contributed by atoms with Crippen LogP contribution >= 0.6 is 0 Å². The molecule has 1 N–H and O–H groups in total. The highest BCUT2D eigenvalue weighted by Crippen LogP contribution is 2.50. The van der Waals surface area contributed by atoms with Crippen molar-refractivity contribution in [1.29, 1.82) is 0 Å². The smallest absolute Gasteiger partial charge is 0.304 e. The molecule has 2 unspecified atom stereocenters. The summed E-state index contributed by atoms with van der Waals surface area (Å²) in [6.45, 7) is 2.10. The second-order valence-corrected chi connectivity index (χ2v) is 7.56. The zero-order valence-electron chi connectivity index (χ0n) is 15.7. The van der Waals surface area contributed by atoms with Crippen LogP contribution in [0.4, 0.5) is 0 Å². The first-order valence-corrected chi connectivity index (χ1v) is 9.63. The summed E-state index contributed by atoms with van der Waals surface area (Å²) in [5.41, 5.74) is 3.56. The van der Waals surface area contributed by atoms with E-state index in [2.05, 4.69) is 13.0 Å². The molecule has 2 aliphatic rings. The monoisotopic (exact) mass is 370 g/mol. The molecule has 0 fully saturated rings. The number of hydrogen-bond acceptors (Lipinski definition) is 3. The minimum atomic E-state index is -1.11. The molecule has 0 saturated heterocycles. The summed E-state index contributed by atoms with van der Waals surface area (Å²) in [6.07, 6.45) is 3.97. The van der Waals surface area contributed by atoms with E-state index in [-0.39, 0.29) is 5.92 Å². The molecule has 0 amide bonds. The molecule has 1 aliphatic heterocycles. The average Bonchev–Trinajstić information content (AvgIpc) is 3.34. The number of benzene rings is 3. The lowest BCUT2D eigenvalue weighted by Crippen LogP contribution is -2.37. The van der Waals surface area contributed by atoms with Gasteiger partial charge in [0.05, 0.1) is 0 Å². The molecular formula is C25H22O3. The van der Waals surface area contributed by atoms with E-state index < -0.39 is 11.4 Å². The molecule has 3 nitrogen and oxygen atoms in total. The molecule has 0 aromatic heterocycles. The first-order valence-electron chi connectivity index (χ1n) is 9.63. The third-order valence-corrected chi connectivity index (χ3v) is 6.04. The van der Waals surface area contributed by atoms with Gasteiger partial charge in [0.1, 0.15) is 18.1 Å². The topological polar surface area (TPSA) is 38.7 Å². The van der Waals surface area contributed by atoms with Gasteiger partial charge in [-0.2, -0.15) is 0 Å². The molecule has 3 aromatic carbocycles. The minimum Gasteiger partial charge on any atom is -0.449 e. The summed E-state index contributed by atoms with van der Waals surface area (Å²) >= 11 is 0. The number of aliphatic hydroxyl groups is 1.